The summed E-state index contributed by atoms with van der Waals surface area (Å²) < 4.78 is 33.9. The molecule has 1 aliphatic rings. The van der Waals surface area contributed by atoms with Gasteiger partial charge in [0.05, 0.1) is 28.1 Å². The molecule has 1 aliphatic heterocycles. The van der Waals surface area contributed by atoms with Gasteiger partial charge in [-0.25, -0.2) is 13.4 Å². The van der Waals surface area contributed by atoms with Crippen LogP contribution < -0.4 is 10.6 Å². The van der Waals surface area contributed by atoms with Gasteiger partial charge in [0.25, 0.3) is 0 Å². The third-order valence-corrected chi connectivity index (χ3v) is 9.99. The Bertz CT molecular complexity index is 1560. The molecule has 2 unspecified atom stereocenters. The van der Waals surface area contributed by atoms with Crippen LogP contribution in [0.4, 0.5) is 0 Å². The van der Waals surface area contributed by atoms with E-state index in [9.17, 15) is 18.0 Å². The normalized spacial score (nSPS) is 18.6. The summed E-state index contributed by atoms with van der Waals surface area (Å²) in [5.74, 6) is -0.561. The van der Waals surface area contributed by atoms with Crippen molar-refractivity contribution in [2.75, 3.05) is 6.54 Å². The van der Waals surface area contributed by atoms with Gasteiger partial charge in [0, 0.05) is 6.92 Å². The van der Waals surface area contributed by atoms with Crippen LogP contribution in [0.1, 0.15) is 35.4 Å². The molecular weight excluding hydrogens is 514 g/mol. The second kappa shape index (κ2) is 10.1. The molecule has 1 fully saturated rings. The van der Waals surface area contributed by atoms with Gasteiger partial charge < -0.3 is 15.1 Å². The lowest BCUT2D eigenvalue weighted by Gasteiger charge is -2.22. The number of nitrogens with one attached hydrogen (secondary N) is 2. The van der Waals surface area contributed by atoms with E-state index in [-0.39, 0.29) is 29.6 Å². The molecule has 1 amide bonds. The maximum Gasteiger partial charge on any atom is 0.245 e. The van der Waals surface area contributed by atoms with Crippen molar-refractivity contribution in [2.24, 2.45) is 0 Å². The van der Waals surface area contributed by atoms with Gasteiger partial charge in [-0.05, 0) is 43.1 Å². The number of carbonyl (C=O) groups is 2. The topological polar surface area (TPSA) is 144 Å². The Balaban J connectivity index is 1.53. The van der Waals surface area contributed by atoms with Crippen LogP contribution in [0.2, 0.25) is 0 Å². The molecule has 10 nitrogen and oxygen atoms in total. The number of ketones is 1. The number of hydrogen-bond donors (Lipinski definition) is 2. The van der Waals surface area contributed by atoms with E-state index < -0.39 is 32.3 Å². The summed E-state index contributed by atoms with van der Waals surface area (Å²) in [5, 5.41) is 10.7. The maximum atomic E-state index is 13.9. The zero-order chi connectivity index (χ0) is 26.2. The Morgan fingerprint density at radius 2 is 1.95 bits per heavy atom. The fourth-order valence-electron chi connectivity index (χ4n) is 4.54. The first-order valence-corrected chi connectivity index (χ1v) is 14.2. The number of thiazole rings is 1. The smallest absolute Gasteiger partial charge is 0.245 e. The van der Waals surface area contributed by atoms with E-state index in [1.807, 2.05) is 48.5 Å². The van der Waals surface area contributed by atoms with Crippen molar-refractivity contribution >= 4 is 43.1 Å². The molecule has 2 N–H and O–H groups in total. The Labute approximate surface area is 217 Å². The standard InChI is InChI=1S/C25H25N5O5S2/c1-14(31)22-20(10-11-26-22)37(33,34)23(24(32)27-13-21-30-29-15(2)35-21)25-28-18-9-8-17(12-19(18)36-25)16-6-4-3-5-7-16/h3-9,12,20,22-23,26H,10-11,13H2,1-2H3,(H,27,32)/t20?,22-,23?/m1/s1. The van der Waals surface area contributed by atoms with E-state index in [0.29, 0.717) is 18.0 Å². The number of hydrogen-bond acceptors (Lipinski definition) is 10. The average Bonchev–Trinajstić information content (AvgIpc) is 3.62. The van der Waals surface area contributed by atoms with E-state index in [1.165, 1.54) is 6.92 Å². The van der Waals surface area contributed by atoms with Crippen LogP contribution in [0.25, 0.3) is 21.3 Å². The minimum absolute atomic E-state index is 0.131. The molecule has 0 saturated carbocycles. The summed E-state index contributed by atoms with van der Waals surface area (Å²) in [7, 11) is -4.17. The number of Topliss-reactive ketones (excluding diaryl/α,β-unsaturated/α-hetero) is 1. The molecule has 4 aromatic rings. The van der Waals surface area contributed by atoms with Gasteiger partial charge in [-0.1, -0.05) is 36.4 Å². The molecule has 5 rings (SSSR count). The molecule has 192 valence electrons. The number of carbonyl (C=O) groups excluding carboxylic acids is 2. The van der Waals surface area contributed by atoms with Gasteiger partial charge in [0.15, 0.2) is 15.1 Å². The Morgan fingerprint density at radius 1 is 1.16 bits per heavy atom. The van der Waals surface area contributed by atoms with Crippen molar-refractivity contribution < 1.29 is 22.4 Å². The highest BCUT2D eigenvalue weighted by molar-refractivity contribution is 7.93. The van der Waals surface area contributed by atoms with Crippen LogP contribution in [-0.2, 0) is 26.0 Å². The molecule has 0 radical (unpaired) electrons. The molecule has 3 atom stereocenters. The minimum Gasteiger partial charge on any atom is -0.424 e. The van der Waals surface area contributed by atoms with Crippen molar-refractivity contribution in [3.05, 3.63) is 65.3 Å². The lowest BCUT2D eigenvalue weighted by Crippen LogP contribution is -2.45. The van der Waals surface area contributed by atoms with E-state index in [4.69, 9.17) is 4.42 Å². The Kier molecular flexibility index (Phi) is 6.88. The number of amides is 1. The summed E-state index contributed by atoms with van der Waals surface area (Å²) in [5.41, 5.74) is 2.56. The van der Waals surface area contributed by atoms with Crippen LogP contribution in [0.15, 0.2) is 52.9 Å². The number of fused-ring (bicyclic) bond motifs is 1. The number of aromatic nitrogens is 3. The molecule has 1 saturated heterocycles. The summed E-state index contributed by atoms with van der Waals surface area (Å²) in [6, 6.07) is 14.6. The highest BCUT2D eigenvalue weighted by atomic mass is 32.2. The zero-order valence-electron chi connectivity index (χ0n) is 20.2. The highest BCUT2D eigenvalue weighted by Crippen LogP contribution is 2.37. The zero-order valence-corrected chi connectivity index (χ0v) is 21.8. The fourth-order valence-corrected chi connectivity index (χ4v) is 8.26. The van der Waals surface area contributed by atoms with Gasteiger partial charge in [-0.2, -0.15) is 0 Å². The molecule has 2 aromatic heterocycles. The largest absolute Gasteiger partial charge is 0.424 e. The lowest BCUT2D eigenvalue weighted by atomic mass is 10.1. The summed E-state index contributed by atoms with van der Waals surface area (Å²) in [4.78, 5) is 30.2. The molecule has 37 heavy (non-hydrogen) atoms. The van der Waals surface area contributed by atoms with Crippen molar-refractivity contribution in [1.29, 1.82) is 0 Å². The lowest BCUT2D eigenvalue weighted by molar-refractivity contribution is -0.121. The first-order valence-electron chi connectivity index (χ1n) is 11.7. The fraction of sp³-hybridized carbons (Fsp3) is 0.320. The average molecular weight is 540 g/mol. The second-order valence-electron chi connectivity index (χ2n) is 8.87. The molecule has 2 aromatic carbocycles. The van der Waals surface area contributed by atoms with E-state index >= 15 is 0 Å². The SMILES string of the molecule is CC(=O)[C@H]1NCCC1S(=O)(=O)C(C(=O)NCc1nnc(C)o1)c1nc2ccc(-c3ccccc3)cc2s1. The molecule has 0 spiro atoms. The van der Waals surface area contributed by atoms with E-state index in [0.717, 1.165) is 27.2 Å². The monoisotopic (exact) mass is 539 g/mol. The number of nitrogens with zero attached hydrogens (tertiary/aromatic N) is 3. The van der Waals surface area contributed by atoms with Crippen LogP contribution in [0.3, 0.4) is 0 Å². The van der Waals surface area contributed by atoms with E-state index in [2.05, 4.69) is 25.8 Å². The van der Waals surface area contributed by atoms with Crippen LogP contribution in [0, 0.1) is 6.92 Å². The first kappa shape index (κ1) is 25.2. The maximum absolute atomic E-state index is 13.9. The predicted octanol–water partition coefficient (Wildman–Crippen LogP) is 2.75. The van der Waals surface area contributed by atoms with Crippen molar-refractivity contribution in [2.45, 2.75) is 43.4 Å². The first-order chi connectivity index (χ1) is 17.7. The summed E-state index contributed by atoms with van der Waals surface area (Å²) in [6.07, 6.45) is 0.224. The molecular formula is C25H25N5O5S2. The quantitative estimate of drug-likeness (QED) is 0.345. The van der Waals surface area contributed by atoms with E-state index in [1.54, 1.807) is 6.92 Å². The van der Waals surface area contributed by atoms with Crippen LogP contribution in [0.5, 0.6) is 0 Å². The Morgan fingerprint density at radius 3 is 2.65 bits per heavy atom. The van der Waals surface area contributed by atoms with Crippen molar-refractivity contribution in [3.63, 3.8) is 0 Å². The van der Waals surface area contributed by atoms with Gasteiger partial charge in [-0.3, -0.25) is 9.59 Å². The van der Waals surface area contributed by atoms with Crippen LogP contribution in [-0.4, -0.2) is 53.1 Å². The summed E-state index contributed by atoms with van der Waals surface area (Å²) >= 11 is 1.16. The third-order valence-electron chi connectivity index (χ3n) is 6.31. The molecule has 0 aliphatic carbocycles. The molecule has 0 bridgehead atoms. The number of benzene rings is 2. The van der Waals surface area contributed by atoms with Gasteiger partial charge in [0.2, 0.25) is 17.7 Å². The number of rotatable bonds is 8. The Hall–Kier alpha value is -3.48. The number of aryl methyl sites for hydroxylation is 1. The van der Waals surface area contributed by atoms with Crippen LogP contribution >= 0.6 is 11.3 Å². The second-order valence-corrected chi connectivity index (χ2v) is 12.2. The number of sulfone groups is 1. The highest BCUT2D eigenvalue weighted by Gasteiger charge is 2.48. The predicted molar refractivity (Wildman–Crippen MR) is 138 cm³/mol. The van der Waals surface area contributed by atoms with Gasteiger partial charge >= 0.3 is 0 Å². The van der Waals surface area contributed by atoms with Crippen molar-refractivity contribution in [1.82, 2.24) is 25.8 Å². The molecule has 3 heterocycles. The summed E-state index contributed by atoms with van der Waals surface area (Å²) in [6.45, 7) is 3.20. The van der Waals surface area contributed by atoms with Gasteiger partial charge in [-0.15, -0.1) is 21.5 Å². The van der Waals surface area contributed by atoms with Gasteiger partial charge in [0.1, 0.15) is 10.8 Å². The van der Waals surface area contributed by atoms with Crippen molar-refractivity contribution in [3.8, 4) is 11.1 Å². The minimum atomic E-state index is -4.17. The third kappa shape index (κ3) is 5.04. The molecule has 12 heteroatoms.